The van der Waals surface area contributed by atoms with Crippen molar-refractivity contribution in [2.75, 3.05) is 76.2 Å². The molecular formula is C83H92Br5F8N15O16S. The summed E-state index contributed by atoms with van der Waals surface area (Å²) in [5.41, 5.74) is 15.8. The maximum Gasteiger partial charge on any atom is 0.327 e. The van der Waals surface area contributed by atoms with Gasteiger partial charge in [-0.15, -0.1) is 20.4 Å². The second-order valence-corrected chi connectivity index (χ2v) is 34.5. The highest BCUT2D eigenvalue weighted by Crippen LogP contribution is 2.48. The van der Waals surface area contributed by atoms with E-state index >= 15 is 0 Å². The van der Waals surface area contributed by atoms with Gasteiger partial charge in [0.15, 0.2) is 34.7 Å². The monoisotopic (exact) mass is 2130 g/mol. The van der Waals surface area contributed by atoms with Crippen LogP contribution in [0.2, 0.25) is 0 Å². The van der Waals surface area contributed by atoms with Crippen LogP contribution in [0, 0.1) is 80.6 Å². The Morgan fingerprint density at radius 3 is 1.30 bits per heavy atom. The van der Waals surface area contributed by atoms with Crippen molar-refractivity contribution >= 4 is 154 Å². The lowest BCUT2D eigenvalue weighted by molar-refractivity contribution is -0.387. The summed E-state index contributed by atoms with van der Waals surface area (Å²) in [4.78, 5) is 51.4. The quantitative estimate of drug-likeness (QED) is 0.0200. The number of thiocarbonyl (C=S) groups is 1. The van der Waals surface area contributed by atoms with Gasteiger partial charge in [-0.25, -0.2) is 35.1 Å². The topological polar surface area (TPSA) is 441 Å². The normalized spacial score (nSPS) is 13.4. The third-order valence-electron chi connectivity index (χ3n) is 18.3. The number of Topliss-reactive ketones (excluding diaryl/α,β-unsaturated/α-hetero) is 2. The summed E-state index contributed by atoms with van der Waals surface area (Å²) in [6.07, 6.45) is 0.780. The Bertz CT molecular complexity index is 5710. The summed E-state index contributed by atoms with van der Waals surface area (Å²) in [7, 11) is 8.97. The van der Waals surface area contributed by atoms with Crippen LogP contribution in [0.5, 0.6) is 46.0 Å². The Kier molecular flexibility index (Phi) is 38.0. The molecule has 0 saturated heterocycles. The number of hydrogen-bond donors (Lipinski definition) is 10. The van der Waals surface area contributed by atoms with E-state index in [1.54, 1.807) is 53.4 Å². The number of nitro groups is 2. The number of carboxylic acid groups (broad SMARTS) is 1. The minimum absolute atomic E-state index is 0.0262. The van der Waals surface area contributed by atoms with Crippen LogP contribution in [-0.4, -0.2) is 143 Å². The molecule has 0 fully saturated rings. The fourth-order valence-corrected chi connectivity index (χ4v) is 13.9. The smallest absolute Gasteiger partial charge is 0.327 e. The van der Waals surface area contributed by atoms with Crippen LogP contribution in [0.25, 0.3) is 11.4 Å². The number of nitrogens with one attached hydrogen (secondary N) is 4. The first-order chi connectivity index (χ1) is 59.4. The van der Waals surface area contributed by atoms with Crippen LogP contribution in [0.15, 0.2) is 119 Å². The van der Waals surface area contributed by atoms with Crippen molar-refractivity contribution in [2.45, 2.75) is 131 Å². The molecule has 13 N–H and O–H groups in total. The predicted molar refractivity (Wildman–Crippen MR) is 489 cm³/mol. The third-order valence-corrected chi connectivity index (χ3v) is 22.5. The molecule has 0 aliphatic carbocycles. The first-order valence-electron chi connectivity index (χ1n) is 37.2. The number of carbonyl (C=O) groups excluding carboxylic acids is 2. The van der Waals surface area contributed by atoms with E-state index in [1.807, 2.05) is 64.5 Å². The highest BCUT2D eigenvalue weighted by atomic mass is 79.9. The number of aromatic hydroxyl groups is 2. The number of ether oxygens (including phenoxy) is 6. The van der Waals surface area contributed by atoms with E-state index in [4.69, 9.17) is 73.2 Å². The number of benzene rings is 8. The fraction of sp³-hybridized carbons (Fsp3) is 0.325. The summed E-state index contributed by atoms with van der Waals surface area (Å²) in [5.74, 6) is 0.801. The summed E-state index contributed by atoms with van der Waals surface area (Å²) in [6.45, 7) is 23.3. The lowest BCUT2D eigenvalue weighted by Gasteiger charge is -2.35. The molecular weight excluding hydrogens is 2050 g/mol. The zero-order chi connectivity index (χ0) is 97.2. The number of aromatic nitrogens is 6. The average molecular weight is 2140 g/mol. The minimum atomic E-state index is -1.08. The van der Waals surface area contributed by atoms with E-state index < -0.39 is 66.7 Å². The molecule has 692 valence electrons. The highest BCUT2D eigenvalue weighted by molar-refractivity contribution is 9.11. The van der Waals surface area contributed by atoms with Gasteiger partial charge in [-0.1, -0.05) is 12.2 Å². The lowest BCUT2D eigenvalue weighted by atomic mass is 9.87. The molecule has 0 atom stereocenters. The number of methoxy groups -OCH3 is 6. The SMILES string of the molecule is CC(=O)CN.CC(C)(N)C(=O)O.COc1c(Br)cc(F)c2c1-n1c(C)nnc1C(C)(C)N2.COc1ccc(F)c(Br)c1N.COc1ccc(F)c(Br)c1[N+](=O)[O-].COc1ccc(F)c2c1-n1c(C)nnc1C(C)(C)N2.COc1ccc(F)c2c1CC(=O)C(C)(C)N2.COc1ccc(F)c2c1CC(=S)C(C)(C)N2.O=[N+]([O-])c1c(O)ccc(F)c1Br.Oc1ccc(F)c(Br)c1. The molecule has 4 aliphatic heterocycles. The first kappa shape index (κ1) is 107. The molecule has 0 radical (unpaired) electrons. The van der Waals surface area contributed by atoms with Gasteiger partial charge in [0.1, 0.15) is 119 Å². The second-order valence-electron chi connectivity index (χ2n) is 30.0. The minimum Gasteiger partial charge on any atom is -0.508 e. The van der Waals surface area contributed by atoms with Gasteiger partial charge in [-0.05, 0) is 267 Å². The van der Waals surface area contributed by atoms with Crippen molar-refractivity contribution < 1.29 is 103 Å². The van der Waals surface area contributed by atoms with E-state index in [9.17, 15) is 69.7 Å². The molecule has 0 bridgehead atoms. The number of fused-ring (bicyclic) bond motifs is 8. The second kappa shape index (κ2) is 45.2. The van der Waals surface area contributed by atoms with Crippen molar-refractivity contribution in [3.8, 4) is 57.4 Å². The molecule has 6 heterocycles. The van der Waals surface area contributed by atoms with Crippen LogP contribution in [-0.2, 0) is 38.3 Å². The Hall–Kier alpha value is -11.1. The zero-order valence-electron chi connectivity index (χ0n) is 72.1. The van der Waals surface area contributed by atoms with Crippen LogP contribution in [0.3, 0.4) is 0 Å². The molecule has 10 aromatic rings. The number of rotatable bonds is 10. The van der Waals surface area contributed by atoms with Crippen molar-refractivity contribution in [3.63, 3.8) is 0 Å². The van der Waals surface area contributed by atoms with Gasteiger partial charge in [-0.3, -0.25) is 43.7 Å². The number of halogens is 13. The molecule has 0 spiro atoms. The lowest BCUT2D eigenvalue weighted by Crippen LogP contribution is -2.45. The molecule has 0 amide bonds. The summed E-state index contributed by atoms with van der Waals surface area (Å²) in [6, 6.07) is 21.1. The summed E-state index contributed by atoms with van der Waals surface area (Å²) in [5, 5.41) is 75.5. The number of carbonyl (C=O) groups is 3. The molecule has 8 aromatic carbocycles. The van der Waals surface area contributed by atoms with Crippen LogP contribution in [0.1, 0.15) is 111 Å². The van der Waals surface area contributed by atoms with E-state index in [0.29, 0.717) is 91.0 Å². The number of hydrogen-bond acceptors (Lipinski definition) is 27. The van der Waals surface area contributed by atoms with Crippen molar-refractivity contribution in [1.29, 1.82) is 0 Å². The third kappa shape index (κ3) is 26.3. The Morgan fingerprint density at radius 1 is 0.516 bits per heavy atom. The highest BCUT2D eigenvalue weighted by Gasteiger charge is 2.41. The Balaban J connectivity index is 0.000000257. The number of nitrogen functional groups attached to an aromatic ring is 1. The van der Waals surface area contributed by atoms with Gasteiger partial charge in [0.2, 0.25) is 0 Å². The Morgan fingerprint density at radius 2 is 0.883 bits per heavy atom. The maximum absolute atomic E-state index is 14.3. The van der Waals surface area contributed by atoms with Crippen molar-refractivity contribution in [2.24, 2.45) is 11.5 Å². The fourth-order valence-electron chi connectivity index (χ4n) is 11.5. The number of aryl methyl sites for hydroxylation is 2. The number of phenolic OH excluding ortho intramolecular Hbond substituents is 2. The van der Waals surface area contributed by atoms with E-state index in [-0.39, 0.29) is 100 Å². The van der Waals surface area contributed by atoms with Crippen LogP contribution >= 0.6 is 91.9 Å². The van der Waals surface area contributed by atoms with Gasteiger partial charge in [-0.2, -0.15) is 0 Å². The van der Waals surface area contributed by atoms with Gasteiger partial charge < -0.3 is 82.2 Å². The van der Waals surface area contributed by atoms with Crippen LogP contribution in [0.4, 0.5) is 74.9 Å². The molecule has 4 aliphatic rings. The number of nitro benzene ring substituents is 2. The zero-order valence-corrected chi connectivity index (χ0v) is 80.9. The Labute approximate surface area is 777 Å². The molecule has 2 aromatic heterocycles. The molecule has 0 saturated carbocycles. The van der Waals surface area contributed by atoms with Crippen LogP contribution < -0.4 is 66.9 Å². The van der Waals surface area contributed by atoms with Gasteiger partial charge >= 0.3 is 17.3 Å². The number of aliphatic carboxylic acids is 1. The number of ketones is 2. The standard InChI is InChI=1S/C13H14BrFN4O.C13H15FN4O.C12H14FNO2.C12H14FNOS.C7H5BrFNO3.C7H7BrFNO.C6H3BrFNO3.C6H4BrFO.C4H9NO2.C3H7NO/c1-6-17-18-12-13(2,3)16-9-8(15)5-7(14)11(20-4)10(9)19(6)12;1-7-16-17-12-13(2,3)15-10-8(14)5-6-9(19-4)11(10)18(7)12;1-12(2)10(15)6-7-9(16-3)5-4-8(13)11(7)14-12;1-12(2)10(16)6-7-9(15-3)5-4-8(13)11(7)14-12;1-13-5-3-2-4(9)6(8)7(5)10(11)12;1-11-5-3-2-4(9)6(8)7(5)10;7-5-3(8)1-2-4(10)6(5)9(11)12;7-5-3-4(9)1-2-6(5)8;1-4(2,5)3(6)7;1-3(5)2-4/h5,16H,1-4H3;5-6,15H,1-4H3;2*4-5,14H,6H2,1-3H3;2-3H,1H3;2-3H,10H2,1H3;1-2,10H;1-3,9H;5H2,1-2H3,(H,6,7);2,4H2,1H3. The van der Waals surface area contributed by atoms with Gasteiger partial charge in [0.25, 0.3) is 0 Å². The maximum atomic E-state index is 14.3. The summed E-state index contributed by atoms with van der Waals surface area (Å²) < 4.78 is 141. The van der Waals surface area contributed by atoms with Gasteiger partial charge in [0.05, 0.1) is 123 Å². The average Bonchev–Trinajstić information content (AvgIpc) is 1.53. The number of carboxylic acids is 1. The molecule has 31 nitrogen and oxygen atoms in total. The molecule has 14 rings (SSSR count). The number of phenols is 2. The first-order valence-corrected chi connectivity index (χ1v) is 41.6. The van der Waals surface area contributed by atoms with E-state index in [2.05, 4.69) is 121 Å². The molecule has 0 unspecified atom stereocenters. The van der Waals surface area contributed by atoms with Crippen molar-refractivity contribution in [3.05, 3.63) is 221 Å². The van der Waals surface area contributed by atoms with Gasteiger partial charge in [0, 0.05) is 28.8 Å². The molecule has 128 heavy (non-hydrogen) atoms. The predicted octanol–water partition coefficient (Wildman–Crippen LogP) is 19.2. The van der Waals surface area contributed by atoms with E-state index in [0.717, 1.165) is 40.3 Å². The number of nitrogens with two attached hydrogens (primary N) is 3. The summed E-state index contributed by atoms with van der Waals surface area (Å²) >= 11 is 20.0. The van der Waals surface area contributed by atoms with Crippen molar-refractivity contribution in [1.82, 2.24) is 29.5 Å². The van der Waals surface area contributed by atoms with E-state index in [1.165, 1.54) is 103 Å². The number of nitrogens with zero attached hydrogens (tertiary/aromatic N) is 8. The number of anilines is 5. The largest absolute Gasteiger partial charge is 0.508 e. The molecule has 45 heteroatoms.